The van der Waals surface area contributed by atoms with Crippen LogP contribution in [-0.2, 0) is 13.0 Å². The number of ether oxygens (including phenoxy) is 1. The molecule has 0 aromatic heterocycles. The molecule has 0 aliphatic heterocycles. The summed E-state index contributed by atoms with van der Waals surface area (Å²) in [6, 6.07) is 42.2. The Labute approximate surface area is 306 Å². The molecule has 0 amide bonds. The van der Waals surface area contributed by atoms with Gasteiger partial charge in [-0.05, 0) is 122 Å². The number of nitrogens with one attached hydrogen (secondary N) is 1. The Bertz CT molecular complexity index is 2140. The topological polar surface area (TPSA) is 95.4 Å². The second-order valence-corrected chi connectivity index (χ2v) is 12.7. The maximum atomic E-state index is 5.80. The van der Waals surface area contributed by atoms with Crippen LogP contribution >= 0.6 is 0 Å². The van der Waals surface area contributed by atoms with Crippen LogP contribution in [0.2, 0.25) is 0 Å². The lowest BCUT2D eigenvalue weighted by atomic mass is 10.1. The van der Waals surface area contributed by atoms with Crippen LogP contribution in [0.3, 0.4) is 0 Å². The zero-order chi connectivity index (χ0) is 36.0. The molecular weight excluding hydrogens is 643 g/mol. The molecule has 6 aromatic carbocycles. The standard InChI is InChI=1S/C44H45N7O/c1-4-6-10-33-13-17-35(18-14-33)46-47-36-19-21-37(22-20-36)48-50-42-26-23-38(30-32(42)3)49-51-44-28-27-43(40-11-8-9-12-41(40)44)45-31-34-15-24-39(25-16-34)52-29-7-5-2/h8-9,11-28,30,45H,4-7,10,29,31H2,1-3H3. The van der Waals surface area contributed by atoms with Gasteiger partial charge in [0.1, 0.15) is 5.75 Å². The summed E-state index contributed by atoms with van der Waals surface area (Å²) in [5.41, 5.74) is 9.16. The van der Waals surface area contributed by atoms with Gasteiger partial charge in [0, 0.05) is 23.0 Å². The molecule has 0 spiro atoms. The summed E-state index contributed by atoms with van der Waals surface area (Å²) in [4.78, 5) is 0. The largest absolute Gasteiger partial charge is 0.494 e. The average Bonchev–Trinajstić information content (AvgIpc) is 3.19. The van der Waals surface area contributed by atoms with Gasteiger partial charge in [0.05, 0.1) is 40.7 Å². The second kappa shape index (κ2) is 18.3. The number of hydrogen-bond donors (Lipinski definition) is 1. The van der Waals surface area contributed by atoms with E-state index in [1.54, 1.807) is 0 Å². The van der Waals surface area contributed by atoms with E-state index in [9.17, 15) is 0 Å². The van der Waals surface area contributed by atoms with Gasteiger partial charge < -0.3 is 10.1 Å². The number of nitrogens with zero attached hydrogens (tertiary/aromatic N) is 6. The molecule has 0 fully saturated rings. The summed E-state index contributed by atoms with van der Waals surface area (Å²) in [6.07, 6.45) is 5.67. The van der Waals surface area contributed by atoms with Crippen LogP contribution in [0.4, 0.5) is 39.8 Å². The minimum atomic E-state index is 0.703. The summed E-state index contributed by atoms with van der Waals surface area (Å²) in [5.74, 6) is 0.910. The van der Waals surface area contributed by atoms with Crippen molar-refractivity contribution in [2.75, 3.05) is 11.9 Å². The number of unbranched alkanes of at least 4 members (excludes halogenated alkanes) is 2. The summed E-state index contributed by atoms with van der Waals surface area (Å²) < 4.78 is 5.80. The van der Waals surface area contributed by atoms with Gasteiger partial charge in [0.2, 0.25) is 0 Å². The van der Waals surface area contributed by atoms with E-state index in [0.29, 0.717) is 6.54 Å². The van der Waals surface area contributed by atoms with Crippen molar-refractivity contribution >= 4 is 50.6 Å². The van der Waals surface area contributed by atoms with Crippen molar-refractivity contribution in [2.45, 2.75) is 59.4 Å². The Balaban J connectivity index is 1.06. The number of aryl methyl sites for hydroxylation is 2. The van der Waals surface area contributed by atoms with E-state index in [4.69, 9.17) is 4.74 Å². The molecule has 262 valence electrons. The number of hydrogen-bond acceptors (Lipinski definition) is 8. The highest BCUT2D eigenvalue weighted by Crippen LogP contribution is 2.34. The number of anilines is 1. The summed E-state index contributed by atoms with van der Waals surface area (Å²) >= 11 is 0. The summed E-state index contributed by atoms with van der Waals surface area (Å²) in [5, 5.41) is 32.6. The molecule has 0 unspecified atom stereocenters. The van der Waals surface area contributed by atoms with Gasteiger partial charge in [-0.1, -0.05) is 75.2 Å². The number of benzene rings is 6. The van der Waals surface area contributed by atoms with E-state index >= 15 is 0 Å². The maximum Gasteiger partial charge on any atom is 0.119 e. The normalized spacial score (nSPS) is 11.7. The fourth-order valence-corrected chi connectivity index (χ4v) is 5.61. The smallest absolute Gasteiger partial charge is 0.119 e. The van der Waals surface area contributed by atoms with E-state index < -0.39 is 0 Å². The van der Waals surface area contributed by atoms with Crippen LogP contribution in [0.25, 0.3) is 10.8 Å². The van der Waals surface area contributed by atoms with Crippen LogP contribution in [0.1, 0.15) is 56.2 Å². The highest BCUT2D eigenvalue weighted by atomic mass is 16.5. The van der Waals surface area contributed by atoms with Gasteiger partial charge in [0.15, 0.2) is 0 Å². The third kappa shape index (κ3) is 10.0. The molecule has 0 aliphatic carbocycles. The molecule has 52 heavy (non-hydrogen) atoms. The quantitative estimate of drug-likeness (QED) is 0.0809. The number of fused-ring (bicyclic) bond motifs is 1. The first-order valence-corrected chi connectivity index (χ1v) is 18.1. The summed E-state index contributed by atoms with van der Waals surface area (Å²) in [7, 11) is 0. The fourth-order valence-electron chi connectivity index (χ4n) is 5.61. The predicted molar refractivity (Wildman–Crippen MR) is 213 cm³/mol. The number of azo groups is 3. The fraction of sp³-hybridized carbons (Fsp3) is 0.227. The van der Waals surface area contributed by atoms with Crippen molar-refractivity contribution in [1.29, 1.82) is 0 Å². The molecule has 0 saturated carbocycles. The van der Waals surface area contributed by atoms with Crippen molar-refractivity contribution in [3.8, 4) is 5.75 Å². The van der Waals surface area contributed by atoms with Crippen molar-refractivity contribution in [3.63, 3.8) is 0 Å². The molecule has 6 rings (SSSR count). The minimum Gasteiger partial charge on any atom is -0.494 e. The molecule has 6 aromatic rings. The Hall–Kier alpha value is -6.02. The van der Waals surface area contributed by atoms with E-state index in [0.717, 1.165) is 87.8 Å². The Morgan fingerprint density at radius 1 is 0.519 bits per heavy atom. The molecule has 0 atom stereocenters. The highest BCUT2D eigenvalue weighted by Gasteiger charge is 2.07. The average molecular weight is 688 g/mol. The summed E-state index contributed by atoms with van der Waals surface area (Å²) in [6.45, 7) is 7.82. The van der Waals surface area contributed by atoms with E-state index in [-0.39, 0.29) is 0 Å². The highest BCUT2D eigenvalue weighted by molar-refractivity contribution is 6.00. The molecule has 8 nitrogen and oxygen atoms in total. The molecule has 0 saturated heterocycles. The first-order valence-electron chi connectivity index (χ1n) is 18.1. The van der Waals surface area contributed by atoms with E-state index in [1.807, 2.05) is 91.9 Å². The zero-order valence-corrected chi connectivity index (χ0v) is 30.2. The first-order chi connectivity index (χ1) is 25.6. The van der Waals surface area contributed by atoms with Crippen LogP contribution in [0, 0.1) is 6.92 Å². The molecule has 0 aliphatic rings. The molecule has 0 bridgehead atoms. The van der Waals surface area contributed by atoms with Gasteiger partial charge in [-0.15, -0.1) is 5.11 Å². The van der Waals surface area contributed by atoms with Crippen molar-refractivity contribution in [2.24, 2.45) is 30.7 Å². The van der Waals surface area contributed by atoms with Crippen LogP contribution in [0.15, 0.2) is 158 Å². The lowest BCUT2D eigenvalue weighted by Crippen LogP contribution is -2.01. The van der Waals surface area contributed by atoms with E-state index in [1.165, 1.54) is 24.0 Å². The van der Waals surface area contributed by atoms with Gasteiger partial charge in [-0.3, -0.25) is 0 Å². The lowest BCUT2D eigenvalue weighted by Gasteiger charge is -2.12. The Morgan fingerprint density at radius 2 is 1.08 bits per heavy atom. The van der Waals surface area contributed by atoms with Gasteiger partial charge >= 0.3 is 0 Å². The van der Waals surface area contributed by atoms with Crippen LogP contribution < -0.4 is 10.1 Å². The third-order valence-electron chi connectivity index (χ3n) is 8.69. The Morgan fingerprint density at radius 3 is 1.75 bits per heavy atom. The number of rotatable bonds is 16. The molecule has 8 heteroatoms. The predicted octanol–water partition coefficient (Wildman–Crippen LogP) is 14.5. The van der Waals surface area contributed by atoms with Gasteiger partial charge in [0.25, 0.3) is 0 Å². The maximum absolute atomic E-state index is 5.80. The first kappa shape index (κ1) is 35.8. The lowest BCUT2D eigenvalue weighted by molar-refractivity contribution is 0.309. The zero-order valence-electron chi connectivity index (χ0n) is 30.2. The molecule has 0 heterocycles. The van der Waals surface area contributed by atoms with Crippen molar-refractivity contribution in [1.82, 2.24) is 0 Å². The minimum absolute atomic E-state index is 0.703. The molecule has 0 radical (unpaired) electrons. The van der Waals surface area contributed by atoms with Crippen LogP contribution in [0.5, 0.6) is 5.75 Å². The van der Waals surface area contributed by atoms with Crippen molar-refractivity contribution < 1.29 is 4.74 Å². The van der Waals surface area contributed by atoms with Crippen LogP contribution in [-0.4, -0.2) is 6.61 Å². The molecule has 1 N–H and O–H groups in total. The van der Waals surface area contributed by atoms with Crippen molar-refractivity contribution in [3.05, 3.63) is 144 Å². The van der Waals surface area contributed by atoms with E-state index in [2.05, 4.69) is 92.3 Å². The molecular formula is C44H45N7O. The SMILES string of the molecule is CCCCOc1ccc(CNc2ccc(N=Nc3ccc(N=Nc4ccc(N=Nc5ccc(CCCC)cc5)cc4)c(C)c3)c3ccccc23)cc1. The van der Waals surface area contributed by atoms with Gasteiger partial charge in [-0.2, -0.15) is 25.6 Å². The Kier molecular flexibility index (Phi) is 12.6. The third-order valence-corrected chi connectivity index (χ3v) is 8.69. The monoisotopic (exact) mass is 687 g/mol. The van der Waals surface area contributed by atoms with Gasteiger partial charge in [-0.25, -0.2) is 0 Å². The second-order valence-electron chi connectivity index (χ2n) is 12.7.